The van der Waals surface area contributed by atoms with E-state index in [4.69, 9.17) is 4.99 Å². The smallest absolute Gasteiger partial charge is 0.222 e. The zero-order chi connectivity index (χ0) is 21.3. The summed E-state index contributed by atoms with van der Waals surface area (Å²) in [5.74, 6) is 1.80. The van der Waals surface area contributed by atoms with Gasteiger partial charge >= 0.3 is 0 Å². The molecule has 3 rings (SSSR count). The van der Waals surface area contributed by atoms with Gasteiger partial charge in [-0.3, -0.25) is 14.7 Å². The Hall–Kier alpha value is -2.08. The summed E-state index contributed by atoms with van der Waals surface area (Å²) in [6, 6.07) is 11.5. The van der Waals surface area contributed by atoms with Crippen molar-refractivity contribution < 1.29 is 4.79 Å². The van der Waals surface area contributed by atoms with E-state index in [0.29, 0.717) is 25.0 Å². The number of hydrogen-bond acceptors (Lipinski definition) is 3. The Balaban J connectivity index is 1.56. The zero-order valence-corrected chi connectivity index (χ0v) is 18.9. The Kier molecular flexibility index (Phi) is 8.55. The number of guanidine groups is 1. The van der Waals surface area contributed by atoms with Gasteiger partial charge in [0, 0.05) is 44.7 Å². The predicted molar refractivity (Wildman–Crippen MR) is 123 cm³/mol. The number of carbonyl (C=O) groups is 1. The third-order valence-electron chi connectivity index (χ3n) is 6.24. The predicted octanol–water partition coefficient (Wildman–Crippen LogP) is 2.71. The van der Waals surface area contributed by atoms with Gasteiger partial charge in [0.2, 0.25) is 5.91 Å². The summed E-state index contributed by atoms with van der Waals surface area (Å²) < 4.78 is 0. The molecule has 6 heteroatoms. The molecule has 0 aliphatic carbocycles. The number of carbonyl (C=O) groups excluding carboxylic acids is 1. The second-order valence-corrected chi connectivity index (χ2v) is 8.84. The summed E-state index contributed by atoms with van der Waals surface area (Å²) in [5, 5.41) is 6.42. The van der Waals surface area contributed by atoms with Crippen molar-refractivity contribution in [1.29, 1.82) is 0 Å². The third kappa shape index (κ3) is 6.21. The van der Waals surface area contributed by atoms with Crippen molar-refractivity contribution in [2.45, 2.75) is 52.6 Å². The molecule has 2 saturated heterocycles. The molecule has 2 fully saturated rings. The van der Waals surface area contributed by atoms with Crippen LogP contribution in [0.5, 0.6) is 0 Å². The second-order valence-electron chi connectivity index (χ2n) is 8.84. The van der Waals surface area contributed by atoms with E-state index in [1.807, 2.05) is 13.8 Å². The zero-order valence-electron chi connectivity index (χ0n) is 18.9. The standard InChI is InChI=1S/C24H39N5O/c1-4-25-24(27-14-13-26-23(30)19(2)3)29-16-12-22-21(18-29)11-8-15-28(22)17-20-9-6-5-7-10-20/h5-7,9-10,19,21-22H,4,8,11-18H2,1-3H3,(H,25,27)(H,26,30). The highest BCUT2D eigenvalue weighted by atomic mass is 16.1. The van der Waals surface area contributed by atoms with E-state index in [2.05, 4.69) is 57.7 Å². The number of fused-ring (bicyclic) bond motifs is 1. The second kappa shape index (κ2) is 11.3. The fourth-order valence-corrected chi connectivity index (χ4v) is 4.68. The normalized spacial score (nSPS) is 22.7. The Morgan fingerprint density at radius 2 is 1.97 bits per heavy atom. The lowest BCUT2D eigenvalue weighted by Crippen LogP contribution is -2.56. The van der Waals surface area contributed by atoms with Crippen LogP contribution >= 0.6 is 0 Å². The number of nitrogens with one attached hydrogen (secondary N) is 2. The average molecular weight is 414 g/mol. The molecule has 2 atom stereocenters. The summed E-state index contributed by atoms with van der Waals surface area (Å²) in [6.07, 6.45) is 3.76. The number of hydrogen-bond donors (Lipinski definition) is 2. The van der Waals surface area contributed by atoms with Gasteiger partial charge in [-0.05, 0) is 44.2 Å². The van der Waals surface area contributed by atoms with Crippen molar-refractivity contribution >= 4 is 11.9 Å². The summed E-state index contributed by atoms with van der Waals surface area (Å²) in [7, 11) is 0. The number of likely N-dealkylation sites (tertiary alicyclic amines) is 2. The quantitative estimate of drug-likeness (QED) is 0.410. The summed E-state index contributed by atoms with van der Waals surface area (Å²) in [5.41, 5.74) is 1.42. The van der Waals surface area contributed by atoms with E-state index >= 15 is 0 Å². The maximum atomic E-state index is 11.7. The first kappa shape index (κ1) is 22.6. The number of benzene rings is 1. The highest BCUT2D eigenvalue weighted by Crippen LogP contribution is 2.31. The summed E-state index contributed by atoms with van der Waals surface area (Å²) in [6.45, 7) is 12.4. The van der Waals surface area contributed by atoms with Crippen LogP contribution in [0.2, 0.25) is 0 Å². The molecule has 2 unspecified atom stereocenters. The molecule has 0 radical (unpaired) electrons. The van der Waals surface area contributed by atoms with Gasteiger partial charge < -0.3 is 15.5 Å². The van der Waals surface area contributed by atoms with E-state index < -0.39 is 0 Å². The van der Waals surface area contributed by atoms with Crippen LogP contribution in [0.1, 0.15) is 45.6 Å². The Morgan fingerprint density at radius 1 is 1.17 bits per heavy atom. The summed E-state index contributed by atoms with van der Waals surface area (Å²) >= 11 is 0. The fourth-order valence-electron chi connectivity index (χ4n) is 4.68. The first-order valence-corrected chi connectivity index (χ1v) is 11.7. The van der Waals surface area contributed by atoms with Gasteiger partial charge in [0.1, 0.15) is 0 Å². The molecule has 1 amide bonds. The number of piperidine rings is 2. The molecule has 2 aliphatic heterocycles. The number of nitrogens with zero attached hydrogens (tertiary/aromatic N) is 3. The van der Waals surface area contributed by atoms with Gasteiger partial charge in [-0.25, -0.2) is 0 Å². The van der Waals surface area contributed by atoms with Crippen molar-refractivity contribution in [2.75, 3.05) is 39.3 Å². The number of amides is 1. The molecule has 0 bridgehead atoms. The molecular weight excluding hydrogens is 374 g/mol. The molecule has 0 spiro atoms. The highest BCUT2D eigenvalue weighted by molar-refractivity contribution is 5.80. The van der Waals surface area contributed by atoms with E-state index in [1.54, 1.807) is 0 Å². The summed E-state index contributed by atoms with van der Waals surface area (Å²) in [4.78, 5) is 21.7. The fraction of sp³-hybridized carbons (Fsp3) is 0.667. The minimum absolute atomic E-state index is 0.0198. The van der Waals surface area contributed by atoms with Crippen molar-refractivity contribution in [3.63, 3.8) is 0 Å². The first-order chi connectivity index (χ1) is 14.6. The van der Waals surface area contributed by atoms with Gasteiger partial charge in [0.15, 0.2) is 5.96 Å². The van der Waals surface area contributed by atoms with Crippen molar-refractivity contribution in [3.05, 3.63) is 35.9 Å². The van der Waals surface area contributed by atoms with E-state index in [1.165, 1.54) is 31.4 Å². The van der Waals surface area contributed by atoms with Crippen molar-refractivity contribution in [1.82, 2.24) is 20.4 Å². The van der Waals surface area contributed by atoms with Gasteiger partial charge in [-0.1, -0.05) is 44.2 Å². The van der Waals surface area contributed by atoms with Gasteiger partial charge in [0.25, 0.3) is 0 Å². The molecule has 6 nitrogen and oxygen atoms in total. The Labute approximate surface area is 182 Å². The van der Waals surface area contributed by atoms with Crippen molar-refractivity contribution in [2.24, 2.45) is 16.8 Å². The minimum atomic E-state index is 0.0198. The SMILES string of the molecule is CCNC(=NCCNC(=O)C(C)C)N1CCC2C(CCCN2Cc2ccccc2)C1. The largest absolute Gasteiger partial charge is 0.357 e. The molecule has 0 saturated carbocycles. The lowest BCUT2D eigenvalue weighted by molar-refractivity contribution is -0.123. The third-order valence-corrected chi connectivity index (χ3v) is 6.24. The first-order valence-electron chi connectivity index (χ1n) is 11.7. The molecule has 30 heavy (non-hydrogen) atoms. The van der Waals surface area contributed by atoms with Gasteiger partial charge in [-0.15, -0.1) is 0 Å². The van der Waals surface area contributed by atoms with Crippen LogP contribution in [-0.2, 0) is 11.3 Å². The molecule has 1 aromatic carbocycles. The maximum Gasteiger partial charge on any atom is 0.222 e. The monoisotopic (exact) mass is 413 g/mol. The molecule has 1 aromatic rings. The van der Waals surface area contributed by atoms with Crippen LogP contribution in [0.25, 0.3) is 0 Å². The lowest BCUT2D eigenvalue weighted by atomic mass is 9.83. The average Bonchev–Trinajstić information content (AvgIpc) is 2.76. The Bertz CT molecular complexity index is 690. The Morgan fingerprint density at radius 3 is 2.70 bits per heavy atom. The number of rotatable bonds is 7. The van der Waals surface area contributed by atoms with Crippen molar-refractivity contribution in [3.8, 4) is 0 Å². The van der Waals surface area contributed by atoms with Gasteiger partial charge in [-0.2, -0.15) is 0 Å². The van der Waals surface area contributed by atoms with Crippen LogP contribution in [0.15, 0.2) is 35.3 Å². The molecule has 166 valence electrons. The van der Waals surface area contributed by atoms with Crippen LogP contribution in [-0.4, -0.2) is 67.0 Å². The van der Waals surface area contributed by atoms with E-state index in [-0.39, 0.29) is 11.8 Å². The van der Waals surface area contributed by atoms with Crippen LogP contribution in [0.4, 0.5) is 0 Å². The maximum absolute atomic E-state index is 11.7. The van der Waals surface area contributed by atoms with E-state index in [0.717, 1.165) is 32.1 Å². The van der Waals surface area contributed by atoms with Crippen LogP contribution in [0.3, 0.4) is 0 Å². The topological polar surface area (TPSA) is 60.0 Å². The van der Waals surface area contributed by atoms with Gasteiger partial charge in [0.05, 0.1) is 6.54 Å². The molecular formula is C24H39N5O. The molecule has 2 aliphatic rings. The van der Waals surface area contributed by atoms with E-state index in [9.17, 15) is 4.79 Å². The van der Waals surface area contributed by atoms with Crippen LogP contribution < -0.4 is 10.6 Å². The highest BCUT2D eigenvalue weighted by Gasteiger charge is 2.36. The molecule has 0 aromatic heterocycles. The number of aliphatic imine (C=N–C) groups is 1. The molecule has 2 heterocycles. The molecule has 2 N–H and O–H groups in total. The lowest BCUT2D eigenvalue weighted by Gasteiger charge is -2.48. The minimum Gasteiger partial charge on any atom is -0.357 e. The van der Waals surface area contributed by atoms with Crippen LogP contribution in [0, 0.1) is 11.8 Å².